The Hall–Kier alpha value is -1.69. The van der Waals surface area contributed by atoms with Crippen LogP contribution >= 0.6 is 0 Å². The van der Waals surface area contributed by atoms with E-state index in [9.17, 15) is 44.4 Å². The van der Waals surface area contributed by atoms with Gasteiger partial charge in [0, 0.05) is 52.4 Å². The number of nitrogens with one attached hydrogen (secondary N) is 1. The summed E-state index contributed by atoms with van der Waals surface area (Å²) in [5.41, 5.74) is 0. The topological polar surface area (TPSA) is 318 Å². The molecule has 19 nitrogen and oxygen atoms in total. The van der Waals surface area contributed by atoms with Crippen LogP contribution in [0, 0.1) is 39.9 Å². The van der Waals surface area contributed by atoms with E-state index in [1.54, 1.807) is 7.05 Å². The largest absolute Gasteiger partial charge is 3.00 e. The van der Waals surface area contributed by atoms with Crippen molar-refractivity contribution in [2.75, 3.05) is 79.1 Å². The Morgan fingerprint density at radius 1 is 0.634 bits per heavy atom. The number of hydrogen-bond acceptors (Lipinski definition) is 17. The second kappa shape index (κ2) is 24.9. The molecule has 20 heteroatoms. The standard InChI is InChI=1S/C14H23N3O10.C7H17NO5.Gd/c18-10(19)5-15(1-3-16(6-11(20)21)7-12(22)23)2-4-17(8-13(24)25)9-14(26)27;1-8-2-4(10)6(12)7(13)5(11)3-9;/h1-9H2,(H,18,19)(H,20,21)(H,22,23)(H,24,25)(H,26,27);4-13H,2-3H2,1H3;/q;;+3/p-3. The quantitative estimate of drug-likeness (QED) is 0.0510. The second-order valence-electron chi connectivity index (χ2n) is 8.46. The molecule has 0 aromatic rings. The molecule has 0 aliphatic rings. The molecule has 4 atom stereocenters. The maximum Gasteiger partial charge on any atom is 3.00 e. The summed E-state index contributed by atoms with van der Waals surface area (Å²) in [7, 11) is 1.57. The Labute approximate surface area is 267 Å². The van der Waals surface area contributed by atoms with E-state index >= 15 is 0 Å². The number of hydrogen-bond donors (Lipinski definition) is 8. The molecule has 0 aliphatic heterocycles. The van der Waals surface area contributed by atoms with Crippen LogP contribution in [-0.4, -0.2) is 184 Å². The molecule has 0 fully saturated rings. The number of aliphatic hydroxyl groups excluding tert-OH is 5. The van der Waals surface area contributed by atoms with Crippen LogP contribution in [0.15, 0.2) is 0 Å². The van der Waals surface area contributed by atoms with Crippen molar-refractivity contribution in [3.05, 3.63) is 0 Å². The van der Waals surface area contributed by atoms with E-state index in [2.05, 4.69) is 5.32 Å². The number of carbonyl (C=O) groups is 5. The number of aliphatic carboxylic acids is 5. The Balaban J connectivity index is -0.000000869. The summed E-state index contributed by atoms with van der Waals surface area (Å²) >= 11 is 0. The number of aliphatic hydroxyl groups is 5. The molecule has 41 heavy (non-hydrogen) atoms. The van der Waals surface area contributed by atoms with Gasteiger partial charge in [-0.05, 0) is 7.05 Å². The SMILES string of the molecule is CNCC(O)C(O)C(O)C(O)CO.O=C([O-])CN(CCN(CC(=O)[O-])CC(=O)O)CCN(CC(=O)[O-])CC(=O)O.[Gd+3]. The van der Waals surface area contributed by atoms with Crippen molar-refractivity contribution in [3.63, 3.8) is 0 Å². The van der Waals surface area contributed by atoms with Gasteiger partial charge in [0.2, 0.25) is 0 Å². The van der Waals surface area contributed by atoms with Crippen molar-refractivity contribution in [1.29, 1.82) is 0 Å². The van der Waals surface area contributed by atoms with Gasteiger partial charge in [0.25, 0.3) is 0 Å². The fourth-order valence-electron chi connectivity index (χ4n) is 3.09. The maximum atomic E-state index is 10.8. The van der Waals surface area contributed by atoms with Crippen molar-refractivity contribution >= 4 is 29.8 Å². The molecular formula is C21H37GdN4O15. The Bertz CT molecular complexity index is 722. The van der Waals surface area contributed by atoms with Gasteiger partial charge in [0.05, 0.1) is 43.7 Å². The summed E-state index contributed by atoms with van der Waals surface area (Å²) in [6, 6.07) is 0. The summed E-state index contributed by atoms with van der Waals surface area (Å²) in [6.45, 7) is -4.17. The molecule has 0 spiro atoms. The zero-order valence-corrected chi connectivity index (χ0v) is 24.4. The maximum absolute atomic E-state index is 10.8. The minimum absolute atomic E-state index is 0. The number of carboxylic acids is 5. The third-order valence-electron chi connectivity index (χ3n) is 4.98. The first kappa shape index (κ1) is 43.8. The zero-order chi connectivity index (χ0) is 31.4. The van der Waals surface area contributed by atoms with E-state index in [0.29, 0.717) is 0 Å². The molecule has 0 bridgehead atoms. The molecule has 239 valence electrons. The van der Waals surface area contributed by atoms with Crippen molar-refractivity contribution in [3.8, 4) is 0 Å². The van der Waals surface area contributed by atoms with E-state index < -0.39 is 93.6 Å². The zero-order valence-electron chi connectivity index (χ0n) is 22.2. The number of rotatable bonds is 22. The molecule has 0 saturated carbocycles. The van der Waals surface area contributed by atoms with Gasteiger partial charge >= 0.3 is 51.9 Å². The molecule has 0 aromatic heterocycles. The smallest absolute Gasteiger partial charge is 0.549 e. The fraction of sp³-hybridized carbons (Fsp3) is 0.762. The monoisotopic (exact) mass is 743 g/mol. The summed E-state index contributed by atoms with van der Waals surface area (Å²) in [5.74, 6) is -7.06. The minimum Gasteiger partial charge on any atom is -0.549 e. The van der Waals surface area contributed by atoms with E-state index in [4.69, 9.17) is 30.6 Å². The van der Waals surface area contributed by atoms with Crippen molar-refractivity contribution in [1.82, 2.24) is 20.0 Å². The van der Waals surface area contributed by atoms with Crippen LogP contribution in [0.4, 0.5) is 0 Å². The van der Waals surface area contributed by atoms with E-state index in [1.165, 1.54) is 4.90 Å². The molecule has 0 rings (SSSR count). The van der Waals surface area contributed by atoms with Crippen LogP contribution in [0.3, 0.4) is 0 Å². The predicted molar refractivity (Wildman–Crippen MR) is 125 cm³/mol. The number of carboxylic acid groups (broad SMARTS) is 5. The number of carbonyl (C=O) groups excluding carboxylic acids is 3. The van der Waals surface area contributed by atoms with Gasteiger partial charge in [-0.2, -0.15) is 0 Å². The predicted octanol–water partition coefficient (Wildman–Crippen LogP) is -10.0. The van der Waals surface area contributed by atoms with Crippen LogP contribution in [-0.2, 0) is 24.0 Å². The first-order valence-electron chi connectivity index (χ1n) is 11.7. The first-order chi connectivity index (χ1) is 18.5. The molecule has 8 N–H and O–H groups in total. The van der Waals surface area contributed by atoms with Gasteiger partial charge in [-0.3, -0.25) is 24.3 Å². The van der Waals surface area contributed by atoms with Gasteiger partial charge in [-0.1, -0.05) is 0 Å². The second-order valence-corrected chi connectivity index (χ2v) is 8.46. The van der Waals surface area contributed by atoms with E-state index in [1.807, 2.05) is 0 Å². The normalized spacial score (nSPS) is 13.9. The average molecular weight is 743 g/mol. The number of nitrogens with zero attached hydrogens (tertiary/aromatic N) is 3. The molecule has 0 aromatic carbocycles. The summed E-state index contributed by atoms with van der Waals surface area (Å²) in [4.78, 5) is 56.9. The minimum atomic E-state index is -1.55. The molecule has 0 heterocycles. The Kier molecular flexibility index (Phi) is 26.5. The fourth-order valence-corrected chi connectivity index (χ4v) is 3.09. The van der Waals surface area contributed by atoms with E-state index in [-0.39, 0.29) is 72.7 Å². The van der Waals surface area contributed by atoms with Gasteiger partial charge in [0.1, 0.15) is 18.3 Å². The average Bonchev–Trinajstić information content (AvgIpc) is 2.82. The van der Waals surface area contributed by atoms with Gasteiger partial charge in [0.15, 0.2) is 0 Å². The summed E-state index contributed by atoms with van der Waals surface area (Å²) in [5, 5.41) is 97.1. The van der Waals surface area contributed by atoms with Crippen LogP contribution < -0.4 is 20.6 Å². The summed E-state index contributed by atoms with van der Waals surface area (Å²) in [6.07, 6.45) is -5.65. The van der Waals surface area contributed by atoms with Crippen LogP contribution in [0.25, 0.3) is 0 Å². The van der Waals surface area contributed by atoms with Crippen LogP contribution in [0.1, 0.15) is 0 Å². The molecular weight excluding hydrogens is 705 g/mol. The van der Waals surface area contributed by atoms with Crippen LogP contribution in [0.5, 0.6) is 0 Å². The van der Waals surface area contributed by atoms with Gasteiger partial charge in [-0.15, -0.1) is 0 Å². The van der Waals surface area contributed by atoms with Crippen LogP contribution in [0.2, 0.25) is 0 Å². The summed E-state index contributed by atoms with van der Waals surface area (Å²) < 4.78 is 0. The van der Waals surface area contributed by atoms with Crippen molar-refractivity contribution < 1.29 is 115 Å². The Morgan fingerprint density at radius 3 is 1.24 bits per heavy atom. The van der Waals surface area contributed by atoms with Gasteiger partial charge in [-0.25, -0.2) is 0 Å². The van der Waals surface area contributed by atoms with Gasteiger partial charge < -0.3 is 70.8 Å². The van der Waals surface area contributed by atoms with Crippen molar-refractivity contribution in [2.24, 2.45) is 0 Å². The third-order valence-corrected chi connectivity index (χ3v) is 4.98. The molecule has 0 saturated heterocycles. The molecule has 0 amide bonds. The Morgan fingerprint density at radius 2 is 0.951 bits per heavy atom. The molecule has 0 aliphatic carbocycles. The number of likely N-dealkylation sites (N-methyl/N-ethyl adjacent to an activating group) is 1. The molecule has 4 unspecified atom stereocenters. The third kappa shape index (κ3) is 24.6. The van der Waals surface area contributed by atoms with E-state index in [0.717, 1.165) is 9.80 Å². The first-order valence-corrected chi connectivity index (χ1v) is 11.7. The van der Waals surface area contributed by atoms with Crippen molar-refractivity contribution in [2.45, 2.75) is 24.4 Å². The molecule has 1 radical (unpaired) electrons.